The number of halogens is 2. The minimum absolute atomic E-state index is 0.0704. The molecule has 4 aromatic rings. The number of ether oxygens (including phenoxy) is 1. The number of hydrogen-bond acceptors (Lipinski definition) is 7. The van der Waals surface area contributed by atoms with Crippen molar-refractivity contribution in [1.82, 2.24) is 0 Å². The first-order valence-electron chi connectivity index (χ1n) is 9.42. The van der Waals surface area contributed by atoms with Gasteiger partial charge in [-0.25, -0.2) is 0 Å². The maximum absolute atomic E-state index is 12.6. The van der Waals surface area contributed by atoms with Crippen LogP contribution in [-0.4, -0.2) is 11.2 Å². The summed E-state index contributed by atoms with van der Waals surface area (Å²) in [6.07, 6.45) is 0.0704. The van der Waals surface area contributed by atoms with Crippen LogP contribution in [0, 0.1) is 0 Å². The molecule has 0 unspecified atom stereocenters. The fourth-order valence-electron chi connectivity index (χ4n) is 2.98. The zero-order chi connectivity index (χ0) is 22.5. The number of carbonyl (C=O) groups excluding carboxylic acids is 1. The average Bonchev–Trinajstić information content (AvgIpc) is 3.27. The predicted octanol–water partition coefficient (Wildman–Crippen LogP) is 6.97. The number of carbonyl (C=O) groups is 1. The molecule has 0 saturated heterocycles. The van der Waals surface area contributed by atoms with E-state index in [0.29, 0.717) is 26.2 Å². The third kappa shape index (κ3) is 5.31. The molecule has 0 fully saturated rings. The Morgan fingerprint density at radius 1 is 0.969 bits per heavy atom. The highest BCUT2D eigenvalue weighted by Gasteiger charge is 2.13. The maximum Gasteiger partial charge on any atom is 0.315 e. The van der Waals surface area contributed by atoms with E-state index in [9.17, 15) is 4.79 Å². The predicted molar refractivity (Wildman–Crippen MR) is 131 cm³/mol. The molecule has 5 nitrogen and oxygen atoms in total. The molecule has 0 atom stereocenters. The normalized spacial score (nSPS) is 11.4. The van der Waals surface area contributed by atoms with Gasteiger partial charge in [0.2, 0.25) is 0 Å². The molecule has 9 heteroatoms. The summed E-state index contributed by atoms with van der Waals surface area (Å²) in [7, 11) is 2.89. The molecule has 0 amide bonds. The fourth-order valence-corrected chi connectivity index (χ4v) is 5.52. The van der Waals surface area contributed by atoms with E-state index in [0.717, 1.165) is 21.7 Å². The summed E-state index contributed by atoms with van der Waals surface area (Å²) < 4.78 is 6.06. The first-order chi connectivity index (χ1) is 15.5. The third-order valence-corrected chi connectivity index (χ3v) is 7.43. The summed E-state index contributed by atoms with van der Waals surface area (Å²) in [5.41, 5.74) is 3.01. The second-order valence-corrected chi connectivity index (χ2v) is 9.67. The molecule has 0 aliphatic heterocycles. The summed E-state index contributed by atoms with van der Waals surface area (Å²) in [6.45, 7) is 0. The van der Waals surface area contributed by atoms with Crippen molar-refractivity contribution in [2.75, 3.05) is 5.32 Å². The number of nitrogens with one attached hydrogen (secondary N) is 1. The van der Waals surface area contributed by atoms with Gasteiger partial charge in [0, 0.05) is 10.6 Å². The van der Waals surface area contributed by atoms with Crippen LogP contribution in [0.5, 0.6) is 5.75 Å². The van der Waals surface area contributed by atoms with E-state index in [4.69, 9.17) is 33.1 Å². The van der Waals surface area contributed by atoms with Gasteiger partial charge in [-0.2, -0.15) is 0 Å². The number of benzene rings is 3. The molecule has 0 spiro atoms. The van der Waals surface area contributed by atoms with Crippen LogP contribution in [-0.2, 0) is 11.2 Å². The van der Waals surface area contributed by atoms with Crippen LogP contribution in [0.1, 0.15) is 5.56 Å². The van der Waals surface area contributed by atoms with Gasteiger partial charge >= 0.3 is 5.97 Å². The van der Waals surface area contributed by atoms with Gasteiger partial charge in [0.1, 0.15) is 5.75 Å². The smallest absolute Gasteiger partial charge is 0.315 e. The largest absolute Gasteiger partial charge is 0.426 e. The molecule has 0 saturated carbocycles. The molecular formula is C23H16Cl2N2O3S2. The molecule has 0 bridgehead atoms. The van der Waals surface area contributed by atoms with Crippen molar-refractivity contribution in [3.8, 4) is 16.2 Å². The highest BCUT2D eigenvalue weighted by Crippen LogP contribution is 2.34. The van der Waals surface area contributed by atoms with Gasteiger partial charge in [-0.1, -0.05) is 73.3 Å². The third-order valence-electron chi connectivity index (χ3n) is 4.52. The standard InChI is InChI=1S/C23H16Cl2N2O3S2/c24-17-5-3-6-18(25)23(17)26-19-7-2-1-4-15(19)12-22(28)30-16-10-8-14(9-11-16)20-13-21(27-29)32-31-20/h1-11,13,26,29H,12H2. The van der Waals surface area contributed by atoms with Crippen LogP contribution in [0.2, 0.25) is 10.0 Å². The summed E-state index contributed by atoms with van der Waals surface area (Å²) in [5.74, 6) is 0.0580. The number of rotatable bonds is 6. The van der Waals surface area contributed by atoms with E-state index in [1.807, 2.05) is 36.4 Å². The molecule has 3 aromatic carbocycles. The number of nitrogens with zero attached hydrogens (tertiary/aromatic N) is 1. The van der Waals surface area contributed by atoms with Crippen molar-refractivity contribution in [3.63, 3.8) is 0 Å². The van der Waals surface area contributed by atoms with Gasteiger partial charge in [0.15, 0.2) is 4.67 Å². The number of esters is 1. The molecule has 0 radical (unpaired) electrons. The van der Waals surface area contributed by atoms with Gasteiger partial charge in [-0.05, 0) is 59.7 Å². The van der Waals surface area contributed by atoms with Crippen LogP contribution in [0.3, 0.4) is 0 Å². The lowest BCUT2D eigenvalue weighted by molar-refractivity contribution is -0.133. The van der Waals surface area contributed by atoms with Gasteiger partial charge in [0.25, 0.3) is 0 Å². The van der Waals surface area contributed by atoms with Crippen LogP contribution < -0.4 is 14.7 Å². The highest BCUT2D eigenvalue weighted by atomic mass is 35.5. The molecule has 32 heavy (non-hydrogen) atoms. The van der Waals surface area contributed by atoms with Crippen molar-refractivity contribution < 1.29 is 14.7 Å². The lowest BCUT2D eigenvalue weighted by atomic mass is 10.1. The van der Waals surface area contributed by atoms with E-state index in [1.54, 1.807) is 36.4 Å². The summed E-state index contributed by atoms with van der Waals surface area (Å²) in [6, 6.07) is 21.7. The quantitative estimate of drug-likeness (QED) is 0.0981. The Morgan fingerprint density at radius 2 is 1.69 bits per heavy atom. The van der Waals surface area contributed by atoms with Crippen molar-refractivity contribution in [3.05, 3.63) is 93.1 Å². The van der Waals surface area contributed by atoms with E-state index >= 15 is 0 Å². The Balaban J connectivity index is 1.45. The van der Waals surface area contributed by atoms with Gasteiger partial charge in [0.05, 0.1) is 22.2 Å². The lowest BCUT2D eigenvalue weighted by Crippen LogP contribution is -2.12. The Morgan fingerprint density at radius 3 is 2.38 bits per heavy atom. The Labute approximate surface area is 201 Å². The second-order valence-electron chi connectivity index (χ2n) is 6.67. The first kappa shape index (κ1) is 22.4. The van der Waals surface area contributed by atoms with Crippen molar-refractivity contribution in [2.24, 2.45) is 5.16 Å². The summed E-state index contributed by atoms with van der Waals surface area (Å²) in [4.78, 5) is 13.6. The Kier molecular flexibility index (Phi) is 7.12. The van der Waals surface area contributed by atoms with E-state index < -0.39 is 5.97 Å². The molecular weight excluding hydrogens is 487 g/mol. The monoisotopic (exact) mass is 502 g/mol. The maximum atomic E-state index is 12.6. The molecule has 0 aliphatic rings. The number of para-hydroxylation sites is 2. The summed E-state index contributed by atoms with van der Waals surface area (Å²) in [5, 5.41) is 16.2. The van der Waals surface area contributed by atoms with Gasteiger partial charge in [-0.15, -0.1) is 0 Å². The van der Waals surface area contributed by atoms with Gasteiger partial charge in [-0.3, -0.25) is 4.79 Å². The highest BCUT2D eigenvalue weighted by molar-refractivity contribution is 7.69. The molecule has 162 valence electrons. The van der Waals surface area contributed by atoms with Gasteiger partial charge < -0.3 is 15.3 Å². The Bertz CT molecular complexity index is 1300. The topological polar surface area (TPSA) is 70.9 Å². The minimum Gasteiger partial charge on any atom is -0.426 e. The van der Waals surface area contributed by atoms with Crippen molar-refractivity contribution >= 4 is 61.2 Å². The zero-order valence-electron chi connectivity index (χ0n) is 16.4. The first-order valence-corrected chi connectivity index (χ1v) is 12.3. The summed E-state index contributed by atoms with van der Waals surface area (Å²) >= 11 is 12.5. The second kappa shape index (κ2) is 10.2. The zero-order valence-corrected chi connectivity index (χ0v) is 19.6. The van der Waals surface area contributed by atoms with Crippen LogP contribution >= 0.6 is 43.9 Å². The molecule has 1 aromatic heterocycles. The van der Waals surface area contributed by atoms with Crippen LogP contribution in [0.15, 0.2) is 78.0 Å². The van der Waals surface area contributed by atoms with E-state index in [-0.39, 0.29) is 6.42 Å². The van der Waals surface area contributed by atoms with Crippen molar-refractivity contribution in [1.29, 1.82) is 0 Å². The van der Waals surface area contributed by atoms with E-state index in [1.165, 1.54) is 20.7 Å². The number of anilines is 2. The fraction of sp³-hybridized carbons (Fsp3) is 0.0435. The van der Waals surface area contributed by atoms with Crippen LogP contribution in [0.25, 0.3) is 10.4 Å². The van der Waals surface area contributed by atoms with Crippen LogP contribution in [0.4, 0.5) is 11.4 Å². The molecule has 0 aliphatic carbocycles. The molecule has 1 heterocycles. The molecule has 2 N–H and O–H groups in total. The average molecular weight is 503 g/mol. The molecule has 4 rings (SSSR count). The number of hydrogen-bond donors (Lipinski definition) is 2. The van der Waals surface area contributed by atoms with Crippen molar-refractivity contribution in [2.45, 2.75) is 6.42 Å². The van der Waals surface area contributed by atoms with E-state index in [2.05, 4.69) is 10.5 Å². The Hall–Kier alpha value is -2.84. The lowest BCUT2D eigenvalue weighted by Gasteiger charge is -2.14. The minimum atomic E-state index is -0.392. The SMILES string of the molecule is O=C(Cc1ccccc1Nc1c(Cl)cccc1Cl)Oc1ccc(-c2cc(=NO)ss2)cc1.